The summed E-state index contributed by atoms with van der Waals surface area (Å²) in [7, 11) is 1.63. The number of H-pyrrole nitrogens is 1. The van der Waals surface area contributed by atoms with Gasteiger partial charge in [-0.25, -0.2) is 9.50 Å². The first-order valence-electron chi connectivity index (χ1n) is 6.96. The minimum atomic E-state index is 0.547. The summed E-state index contributed by atoms with van der Waals surface area (Å²) in [5.41, 5.74) is 3.07. The number of nitrogens with zero attached hydrogens (tertiary/aromatic N) is 4. The van der Waals surface area contributed by atoms with Crippen LogP contribution in [0.15, 0.2) is 42.5 Å². The van der Waals surface area contributed by atoms with E-state index in [9.17, 15) is 0 Å². The third kappa shape index (κ3) is 2.22. The molecule has 2 heterocycles. The Morgan fingerprint density at radius 3 is 2.74 bits per heavy atom. The molecular weight excluding hydrogens is 292 g/mol. The number of aromatic nitrogens is 4. The van der Waals surface area contributed by atoms with E-state index in [1.807, 2.05) is 30.3 Å². The first-order chi connectivity index (χ1) is 11.3. The Morgan fingerprint density at radius 2 is 2.00 bits per heavy atom. The van der Waals surface area contributed by atoms with Crippen molar-refractivity contribution in [1.82, 2.24) is 19.6 Å². The van der Waals surface area contributed by atoms with Crippen LogP contribution in [0.5, 0.6) is 5.75 Å². The number of anilines is 2. The van der Waals surface area contributed by atoms with E-state index in [1.165, 1.54) is 0 Å². The van der Waals surface area contributed by atoms with Gasteiger partial charge in [0.15, 0.2) is 0 Å². The number of hydrogen-bond donors (Lipinski definition) is 2. The standard InChI is InChI=1S/C16H12N6O/c1-23-12-5-3-11(4-6-12)18-15-20-16-19-13-8-10(9-17)2-7-14(13)22(16)21-15/h2-8H,1H3,(H2,18,19,20,21). The van der Waals surface area contributed by atoms with Crippen molar-refractivity contribution in [2.24, 2.45) is 0 Å². The summed E-state index contributed by atoms with van der Waals surface area (Å²) in [5.74, 6) is 1.93. The normalized spacial score (nSPS) is 10.8. The van der Waals surface area contributed by atoms with E-state index in [0.29, 0.717) is 17.3 Å². The van der Waals surface area contributed by atoms with E-state index < -0.39 is 0 Å². The third-order valence-electron chi connectivity index (χ3n) is 3.55. The average Bonchev–Trinajstić information content (AvgIpc) is 3.11. The Hall–Kier alpha value is -3.53. The molecule has 0 spiro atoms. The fourth-order valence-corrected chi connectivity index (χ4v) is 2.42. The predicted molar refractivity (Wildman–Crippen MR) is 85.8 cm³/mol. The molecule has 0 saturated carbocycles. The van der Waals surface area contributed by atoms with Crippen LogP contribution in [0.4, 0.5) is 11.6 Å². The number of nitriles is 1. The molecule has 0 aliphatic carbocycles. The van der Waals surface area contributed by atoms with Gasteiger partial charge < -0.3 is 10.1 Å². The lowest BCUT2D eigenvalue weighted by Gasteiger charge is -2.03. The molecule has 4 rings (SSSR count). The number of methoxy groups -OCH3 is 1. The molecule has 0 unspecified atom stereocenters. The number of imidazole rings is 1. The molecule has 0 bridgehead atoms. The molecule has 7 heteroatoms. The lowest BCUT2D eigenvalue weighted by atomic mass is 10.2. The topological polar surface area (TPSA) is 91.0 Å². The van der Waals surface area contributed by atoms with Crippen molar-refractivity contribution in [3.63, 3.8) is 0 Å². The molecular formula is C16H12N6O. The van der Waals surface area contributed by atoms with Gasteiger partial charge in [0, 0.05) is 5.69 Å². The Labute approximate surface area is 131 Å². The molecule has 0 aliphatic rings. The van der Waals surface area contributed by atoms with Gasteiger partial charge in [-0.15, -0.1) is 0 Å². The number of ether oxygens (including phenoxy) is 1. The first-order valence-corrected chi connectivity index (χ1v) is 6.96. The lowest BCUT2D eigenvalue weighted by molar-refractivity contribution is 0.415. The summed E-state index contributed by atoms with van der Waals surface area (Å²) < 4.78 is 6.91. The van der Waals surface area contributed by atoms with Gasteiger partial charge in [-0.3, -0.25) is 5.10 Å². The van der Waals surface area contributed by atoms with Crippen molar-refractivity contribution in [2.75, 3.05) is 12.4 Å². The van der Waals surface area contributed by atoms with Crippen molar-refractivity contribution < 1.29 is 4.74 Å². The largest absolute Gasteiger partial charge is 0.497 e. The molecule has 23 heavy (non-hydrogen) atoms. The van der Waals surface area contributed by atoms with Crippen LogP contribution in [0, 0.1) is 11.3 Å². The monoisotopic (exact) mass is 304 g/mol. The number of fused-ring (bicyclic) bond motifs is 3. The number of hydrogen-bond acceptors (Lipinski definition) is 5. The molecule has 2 aromatic carbocycles. The number of rotatable bonds is 3. The second-order valence-electron chi connectivity index (χ2n) is 4.99. The molecule has 0 amide bonds. The number of aromatic amines is 1. The Kier molecular flexibility index (Phi) is 2.88. The summed E-state index contributed by atoms with van der Waals surface area (Å²) in [6, 6.07) is 15.0. The van der Waals surface area contributed by atoms with Gasteiger partial charge in [-0.1, -0.05) is 0 Å². The second-order valence-corrected chi connectivity index (χ2v) is 4.99. The van der Waals surface area contributed by atoms with E-state index in [1.54, 1.807) is 23.8 Å². The molecule has 0 radical (unpaired) electrons. The van der Waals surface area contributed by atoms with Crippen LogP contribution in [-0.4, -0.2) is 26.7 Å². The minimum absolute atomic E-state index is 0.547. The second kappa shape index (κ2) is 5.03. The Balaban J connectivity index is 1.70. The predicted octanol–water partition coefficient (Wildman–Crippen LogP) is 2.83. The molecule has 0 saturated heterocycles. The highest BCUT2D eigenvalue weighted by Gasteiger charge is 2.10. The van der Waals surface area contributed by atoms with E-state index >= 15 is 0 Å². The maximum atomic E-state index is 8.94. The van der Waals surface area contributed by atoms with Crippen molar-refractivity contribution in [3.8, 4) is 11.8 Å². The van der Waals surface area contributed by atoms with Crippen molar-refractivity contribution in [1.29, 1.82) is 5.26 Å². The summed E-state index contributed by atoms with van der Waals surface area (Å²) >= 11 is 0. The molecule has 0 atom stereocenters. The fraction of sp³-hybridized carbons (Fsp3) is 0.0625. The van der Waals surface area contributed by atoms with Crippen LogP contribution in [0.25, 0.3) is 16.8 Å². The van der Waals surface area contributed by atoms with Crippen molar-refractivity contribution in [3.05, 3.63) is 48.0 Å². The molecule has 0 fully saturated rings. The van der Waals surface area contributed by atoms with E-state index in [4.69, 9.17) is 10.00 Å². The SMILES string of the molecule is COc1ccc(Nc2nc3nc4cc(C#N)ccc4n3[nH]2)cc1. The quantitative estimate of drug-likeness (QED) is 0.607. The highest BCUT2D eigenvalue weighted by atomic mass is 16.5. The molecule has 2 aromatic heterocycles. The maximum Gasteiger partial charge on any atom is 0.253 e. The molecule has 2 N–H and O–H groups in total. The lowest BCUT2D eigenvalue weighted by Crippen LogP contribution is -1.93. The number of benzene rings is 2. The van der Waals surface area contributed by atoms with Gasteiger partial charge >= 0.3 is 0 Å². The zero-order chi connectivity index (χ0) is 15.8. The van der Waals surface area contributed by atoms with Gasteiger partial charge in [0.05, 0.1) is 29.8 Å². The van der Waals surface area contributed by atoms with Crippen LogP contribution in [0.1, 0.15) is 5.56 Å². The summed E-state index contributed by atoms with van der Waals surface area (Å²) in [5, 5.41) is 15.3. The third-order valence-corrected chi connectivity index (χ3v) is 3.55. The Morgan fingerprint density at radius 1 is 1.17 bits per heavy atom. The van der Waals surface area contributed by atoms with Gasteiger partial charge in [-0.05, 0) is 42.5 Å². The van der Waals surface area contributed by atoms with E-state index in [0.717, 1.165) is 22.5 Å². The van der Waals surface area contributed by atoms with Gasteiger partial charge in [-0.2, -0.15) is 10.2 Å². The first kappa shape index (κ1) is 13.2. The summed E-state index contributed by atoms with van der Waals surface area (Å²) in [6.07, 6.45) is 0. The molecule has 112 valence electrons. The highest BCUT2D eigenvalue weighted by molar-refractivity contribution is 5.81. The van der Waals surface area contributed by atoms with E-state index in [2.05, 4.69) is 26.5 Å². The van der Waals surface area contributed by atoms with Crippen LogP contribution in [0.3, 0.4) is 0 Å². The highest BCUT2D eigenvalue weighted by Crippen LogP contribution is 2.21. The van der Waals surface area contributed by atoms with Crippen molar-refractivity contribution >= 4 is 28.4 Å². The van der Waals surface area contributed by atoms with Crippen LogP contribution >= 0.6 is 0 Å². The van der Waals surface area contributed by atoms with Crippen LogP contribution in [-0.2, 0) is 0 Å². The van der Waals surface area contributed by atoms with Crippen LogP contribution < -0.4 is 10.1 Å². The zero-order valence-electron chi connectivity index (χ0n) is 12.2. The summed E-state index contributed by atoms with van der Waals surface area (Å²) in [6.45, 7) is 0. The van der Waals surface area contributed by atoms with Gasteiger partial charge in [0.1, 0.15) is 5.75 Å². The van der Waals surface area contributed by atoms with Crippen molar-refractivity contribution in [2.45, 2.75) is 0 Å². The Bertz CT molecular complexity index is 1040. The van der Waals surface area contributed by atoms with E-state index in [-0.39, 0.29) is 0 Å². The number of nitrogens with one attached hydrogen (secondary N) is 2. The average molecular weight is 304 g/mol. The van der Waals surface area contributed by atoms with Gasteiger partial charge in [0.25, 0.3) is 5.78 Å². The van der Waals surface area contributed by atoms with Gasteiger partial charge in [0.2, 0.25) is 5.95 Å². The fourth-order valence-electron chi connectivity index (χ4n) is 2.42. The molecule has 0 aliphatic heterocycles. The van der Waals surface area contributed by atoms with Crippen LogP contribution in [0.2, 0.25) is 0 Å². The smallest absolute Gasteiger partial charge is 0.253 e. The molecule has 7 nitrogen and oxygen atoms in total. The minimum Gasteiger partial charge on any atom is -0.497 e. The maximum absolute atomic E-state index is 8.94. The molecule has 4 aromatic rings. The zero-order valence-corrected chi connectivity index (χ0v) is 12.2. The summed E-state index contributed by atoms with van der Waals surface area (Å²) in [4.78, 5) is 8.84.